The number of nitrogens with two attached hydrogens (primary N) is 1. The number of alkyl halides is 1. The van der Waals surface area contributed by atoms with Crippen molar-refractivity contribution in [3.8, 4) is 0 Å². The van der Waals surface area contributed by atoms with Crippen molar-refractivity contribution in [1.82, 2.24) is 0 Å². The zero-order valence-corrected chi connectivity index (χ0v) is 8.53. The van der Waals surface area contributed by atoms with Gasteiger partial charge in [0.2, 0.25) is 0 Å². The Morgan fingerprint density at radius 2 is 2.46 bits per heavy atom. The zero-order valence-electron chi connectivity index (χ0n) is 7.72. The van der Waals surface area contributed by atoms with Crippen molar-refractivity contribution < 1.29 is 4.39 Å². The fraction of sp³-hybridized carbons (Fsp3) is 0.600. The summed E-state index contributed by atoms with van der Waals surface area (Å²) in [6, 6.07) is 1.99. The second-order valence-electron chi connectivity index (χ2n) is 3.91. The van der Waals surface area contributed by atoms with Gasteiger partial charge < -0.3 is 5.73 Å². The van der Waals surface area contributed by atoms with Crippen LogP contribution in [-0.2, 0) is 5.67 Å². The van der Waals surface area contributed by atoms with Crippen LogP contribution in [0.1, 0.15) is 29.7 Å². The van der Waals surface area contributed by atoms with Gasteiger partial charge in [0.25, 0.3) is 0 Å². The number of rotatable bonds is 1. The SMILES string of the molecule is Cc1cc(C2(F)CCC(N)C2)cs1. The maximum Gasteiger partial charge on any atom is 0.138 e. The molecule has 0 aromatic carbocycles. The monoisotopic (exact) mass is 199 g/mol. The van der Waals surface area contributed by atoms with Crippen LogP contribution in [0.3, 0.4) is 0 Å². The van der Waals surface area contributed by atoms with E-state index < -0.39 is 5.67 Å². The van der Waals surface area contributed by atoms with Gasteiger partial charge in [-0.15, -0.1) is 11.3 Å². The molecule has 72 valence electrons. The molecular weight excluding hydrogens is 185 g/mol. The zero-order chi connectivity index (χ0) is 9.47. The molecule has 0 saturated heterocycles. The maximum absolute atomic E-state index is 14.2. The summed E-state index contributed by atoms with van der Waals surface area (Å²) in [5.41, 5.74) is 5.42. The number of hydrogen-bond acceptors (Lipinski definition) is 2. The Balaban J connectivity index is 2.25. The quantitative estimate of drug-likeness (QED) is 0.739. The molecule has 0 amide bonds. The van der Waals surface area contributed by atoms with Crippen LogP contribution >= 0.6 is 11.3 Å². The van der Waals surface area contributed by atoms with Crippen molar-refractivity contribution in [3.63, 3.8) is 0 Å². The molecule has 2 unspecified atom stereocenters. The summed E-state index contributed by atoms with van der Waals surface area (Å²) in [6.07, 6.45) is 1.89. The summed E-state index contributed by atoms with van der Waals surface area (Å²) < 4.78 is 14.2. The fourth-order valence-corrected chi connectivity index (χ4v) is 2.76. The first-order valence-corrected chi connectivity index (χ1v) is 5.48. The van der Waals surface area contributed by atoms with Crippen LogP contribution < -0.4 is 5.73 Å². The molecule has 1 aliphatic carbocycles. The number of aryl methyl sites for hydroxylation is 1. The van der Waals surface area contributed by atoms with E-state index in [2.05, 4.69) is 0 Å². The first-order chi connectivity index (χ1) is 6.10. The van der Waals surface area contributed by atoms with Gasteiger partial charge in [-0.3, -0.25) is 0 Å². The highest BCUT2D eigenvalue weighted by molar-refractivity contribution is 7.10. The summed E-state index contributed by atoms with van der Waals surface area (Å²) in [6.45, 7) is 2.01. The van der Waals surface area contributed by atoms with Crippen LogP contribution in [0, 0.1) is 6.92 Å². The Morgan fingerprint density at radius 3 is 2.92 bits per heavy atom. The minimum Gasteiger partial charge on any atom is -0.328 e. The van der Waals surface area contributed by atoms with E-state index in [-0.39, 0.29) is 6.04 Å². The summed E-state index contributed by atoms with van der Waals surface area (Å²) in [5, 5.41) is 1.92. The molecule has 0 aliphatic heterocycles. The van der Waals surface area contributed by atoms with Gasteiger partial charge >= 0.3 is 0 Å². The van der Waals surface area contributed by atoms with E-state index in [4.69, 9.17) is 5.73 Å². The summed E-state index contributed by atoms with van der Waals surface area (Å²) in [7, 11) is 0. The van der Waals surface area contributed by atoms with Crippen LogP contribution in [0.25, 0.3) is 0 Å². The van der Waals surface area contributed by atoms with Crippen LogP contribution in [0.4, 0.5) is 4.39 Å². The molecule has 1 fully saturated rings. The van der Waals surface area contributed by atoms with Gasteiger partial charge in [0.05, 0.1) is 0 Å². The molecule has 1 heterocycles. The number of halogens is 1. The molecule has 0 radical (unpaired) electrons. The Kier molecular flexibility index (Phi) is 2.16. The third-order valence-corrected chi connectivity index (χ3v) is 3.61. The molecule has 0 bridgehead atoms. The van der Waals surface area contributed by atoms with Crippen LogP contribution in [0.15, 0.2) is 11.4 Å². The average molecular weight is 199 g/mol. The lowest BCUT2D eigenvalue weighted by Crippen LogP contribution is -2.20. The van der Waals surface area contributed by atoms with E-state index in [0.29, 0.717) is 12.8 Å². The first kappa shape index (κ1) is 9.16. The minimum atomic E-state index is -1.13. The lowest BCUT2D eigenvalue weighted by molar-refractivity contribution is 0.173. The highest BCUT2D eigenvalue weighted by atomic mass is 32.1. The Bertz CT molecular complexity index is 310. The highest BCUT2D eigenvalue weighted by Crippen LogP contribution is 2.43. The van der Waals surface area contributed by atoms with Crippen molar-refractivity contribution in [2.75, 3.05) is 0 Å². The van der Waals surface area contributed by atoms with Gasteiger partial charge in [-0.05, 0) is 31.2 Å². The summed E-state index contributed by atoms with van der Waals surface area (Å²) in [4.78, 5) is 1.17. The molecule has 1 nitrogen and oxygen atoms in total. The largest absolute Gasteiger partial charge is 0.328 e. The number of hydrogen-bond donors (Lipinski definition) is 1. The minimum absolute atomic E-state index is 0.0465. The second-order valence-corrected chi connectivity index (χ2v) is 5.03. The smallest absolute Gasteiger partial charge is 0.138 e. The molecule has 3 heteroatoms. The molecule has 2 rings (SSSR count). The van der Waals surface area contributed by atoms with E-state index in [1.807, 2.05) is 18.4 Å². The molecule has 1 aromatic rings. The fourth-order valence-electron chi connectivity index (χ4n) is 1.97. The van der Waals surface area contributed by atoms with E-state index in [1.54, 1.807) is 11.3 Å². The normalized spacial score (nSPS) is 33.9. The predicted molar refractivity (Wildman–Crippen MR) is 53.7 cm³/mol. The molecule has 1 aromatic heterocycles. The van der Waals surface area contributed by atoms with Crippen LogP contribution in [-0.4, -0.2) is 6.04 Å². The maximum atomic E-state index is 14.2. The third-order valence-electron chi connectivity index (χ3n) is 2.75. The van der Waals surface area contributed by atoms with E-state index in [1.165, 1.54) is 4.88 Å². The Labute approximate surface area is 81.8 Å². The lowest BCUT2D eigenvalue weighted by Gasteiger charge is -2.17. The first-order valence-electron chi connectivity index (χ1n) is 4.60. The van der Waals surface area contributed by atoms with Crippen molar-refractivity contribution in [3.05, 3.63) is 21.9 Å². The van der Waals surface area contributed by atoms with Crippen molar-refractivity contribution in [2.24, 2.45) is 5.73 Å². The van der Waals surface area contributed by atoms with Gasteiger partial charge in [0.1, 0.15) is 5.67 Å². The second kappa shape index (κ2) is 3.07. The van der Waals surface area contributed by atoms with E-state index in [9.17, 15) is 4.39 Å². The summed E-state index contributed by atoms with van der Waals surface area (Å²) in [5.74, 6) is 0. The molecule has 1 saturated carbocycles. The van der Waals surface area contributed by atoms with Crippen molar-refractivity contribution in [1.29, 1.82) is 0 Å². The molecule has 0 spiro atoms. The van der Waals surface area contributed by atoms with Crippen molar-refractivity contribution >= 4 is 11.3 Å². The van der Waals surface area contributed by atoms with E-state index in [0.717, 1.165) is 12.0 Å². The topological polar surface area (TPSA) is 26.0 Å². The van der Waals surface area contributed by atoms with Gasteiger partial charge in [-0.2, -0.15) is 0 Å². The Hall–Kier alpha value is -0.410. The summed E-state index contributed by atoms with van der Waals surface area (Å²) >= 11 is 1.61. The molecular formula is C10H14FNS. The number of thiophene rings is 1. The molecule has 13 heavy (non-hydrogen) atoms. The molecule has 2 N–H and O–H groups in total. The standard InChI is InChI=1S/C10H14FNS/c1-7-4-8(6-13-7)10(11)3-2-9(12)5-10/h4,6,9H,2-3,5,12H2,1H3. The van der Waals surface area contributed by atoms with E-state index >= 15 is 0 Å². The van der Waals surface area contributed by atoms with Crippen molar-refractivity contribution in [2.45, 2.75) is 37.9 Å². The van der Waals surface area contributed by atoms with Gasteiger partial charge in [0, 0.05) is 22.9 Å². The van der Waals surface area contributed by atoms with Gasteiger partial charge in [0.15, 0.2) is 0 Å². The Morgan fingerprint density at radius 1 is 1.69 bits per heavy atom. The van der Waals surface area contributed by atoms with Gasteiger partial charge in [-0.1, -0.05) is 0 Å². The van der Waals surface area contributed by atoms with Crippen LogP contribution in [0.5, 0.6) is 0 Å². The van der Waals surface area contributed by atoms with Crippen LogP contribution in [0.2, 0.25) is 0 Å². The highest BCUT2D eigenvalue weighted by Gasteiger charge is 2.39. The predicted octanol–water partition coefficient (Wildman–Crippen LogP) is 2.73. The molecule has 2 atom stereocenters. The van der Waals surface area contributed by atoms with Gasteiger partial charge in [-0.25, -0.2) is 4.39 Å². The average Bonchev–Trinajstić information content (AvgIpc) is 2.60. The lowest BCUT2D eigenvalue weighted by atomic mass is 9.96. The molecule has 1 aliphatic rings. The third kappa shape index (κ3) is 1.63.